The highest BCUT2D eigenvalue weighted by atomic mass is 16.5. The van der Waals surface area contributed by atoms with Gasteiger partial charge in [-0.15, -0.1) is 0 Å². The van der Waals surface area contributed by atoms with Gasteiger partial charge in [0.25, 0.3) is 0 Å². The van der Waals surface area contributed by atoms with Crippen molar-refractivity contribution < 1.29 is 9.53 Å². The number of H-pyrrole nitrogens is 1. The van der Waals surface area contributed by atoms with Crippen LogP contribution in [0.4, 0.5) is 0 Å². The Bertz CT molecular complexity index is 383. The van der Waals surface area contributed by atoms with E-state index < -0.39 is 0 Å². The Morgan fingerprint density at radius 2 is 2.26 bits per heavy atom. The van der Waals surface area contributed by atoms with Gasteiger partial charge in [-0.1, -0.05) is 0 Å². The molecule has 0 saturated carbocycles. The molecule has 1 aliphatic rings. The second-order valence-electron chi connectivity index (χ2n) is 5.13. The molecule has 0 bridgehead atoms. The lowest BCUT2D eigenvalue weighted by Crippen LogP contribution is -2.49. The number of rotatable bonds is 5. The zero-order valence-electron chi connectivity index (χ0n) is 11.6. The van der Waals surface area contributed by atoms with Crippen molar-refractivity contribution in [2.75, 3.05) is 26.2 Å². The van der Waals surface area contributed by atoms with Crippen LogP contribution in [0.1, 0.15) is 19.5 Å². The molecule has 106 valence electrons. The first kappa shape index (κ1) is 14.0. The molecule has 1 saturated heterocycles. The zero-order chi connectivity index (χ0) is 13.7. The summed E-state index contributed by atoms with van der Waals surface area (Å²) in [6.45, 7) is 6.80. The third-order valence-corrected chi connectivity index (χ3v) is 3.14. The summed E-state index contributed by atoms with van der Waals surface area (Å²) >= 11 is 0. The van der Waals surface area contributed by atoms with Gasteiger partial charge >= 0.3 is 0 Å². The van der Waals surface area contributed by atoms with E-state index in [4.69, 9.17) is 4.74 Å². The molecule has 2 rings (SSSR count). The maximum Gasteiger partial charge on any atom is 0.234 e. The Morgan fingerprint density at radius 3 is 2.89 bits per heavy atom. The molecule has 1 amide bonds. The van der Waals surface area contributed by atoms with Gasteiger partial charge in [0, 0.05) is 37.9 Å². The number of morpholine rings is 1. The second kappa shape index (κ2) is 6.68. The van der Waals surface area contributed by atoms with Crippen molar-refractivity contribution in [3.8, 4) is 0 Å². The minimum atomic E-state index is 0.0702. The summed E-state index contributed by atoms with van der Waals surface area (Å²) < 4.78 is 5.64. The molecule has 1 aromatic heterocycles. The fourth-order valence-corrected chi connectivity index (χ4v) is 2.43. The highest BCUT2D eigenvalue weighted by molar-refractivity contribution is 5.78. The molecular formula is C13H22N4O2. The maximum absolute atomic E-state index is 11.8. The average Bonchev–Trinajstić information content (AvgIpc) is 2.80. The average molecular weight is 266 g/mol. The Morgan fingerprint density at radius 1 is 1.53 bits per heavy atom. The quantitative estimate of drug-likeness (QED) is 0.797. The molecule has 19 heavy (non-hydrogen) atoms. The highest BCUT2D eigenvalue weighted by Crippen LogP contribution is 2.09. The van der Waals surface area contributed by atoms with Crippen molar-refractivity contribution in [3.63, 3.8) is 0 Å². The van der Waals surface area contributed by atoms with Gasteiger partial charge in [0.15, 0.2) is 0 Å². The predicted octanol–water partition coefficient (Wildman–Crippen LogP) is 0.178. The molecule has 6 nitrogen and oxygen atoms in total. The Kier molecular flexibility index (Phi) is 4.93. The Balaban J connectivity index is 1.66. The minimum Gasteiger partial charge on any atom is -0.373 e. The van der Waals surface area contributed by atoms with Gasteiger partial charge < -0.3 is 10.1 Å². The van der Waals surface area contributed by atoms with E-state index >= 15 is 0 Å². The maximum atomic E-state index is 11.8. The van der Waals surface area contributed by atoms with Crippen molar-refractivity contribution in [1.29, 1.82) is 0 Å². The third kappa shape index (κ3) is 4.65. The molecule has 1 aliphatic heterocycles. The van der Waals surface area contributed by atoms with Crippen LogP contribution in [0, 0.1) is 0 Å². The van der Waals surface area contributed by atoms with Gasteiger partial charge in [-0.2, -0.15) is 5.10 Å². The van der Waals surface area contributed by atoms with Crippen molar-refractivity contribution >= 4 is 5.91 Å². The smallest absolute Gasteiger partial charge is 0.234 e. The number of hydrogen-bond donors (Lipinski definition) is 2. The molecule has 0 radical (unpaired) electrons. The minimum absolute atomic E-state index is 0.0702. The van der Waals surface area contributed by atoms with E-state index in [1.807, 2.05) is 19.9 Å². The SMILES string of the molecule is CC1CN(CC(=O)NCCc2ccn[nH]2)CC(C)O1. The lowest BCUT2D eigenvalue weighted by Gasteiger charge is -2.34. The number of nitrogens with one attached hydrogen (secondary N) is 2. The van der Waals surface area contributed by atoms with E-state index in [0.29, 0.717) is 13.1 Å². The number of carbonyl (C=O) groups excluding carboxylic acids is 1. The standard InChI is InChI=1S/C13H22N4O2/c1-10-7-17(8-11(2)19-10)9-13(18)14-5-3-12-4-6-15-16-12/h4,6,10-11H,3,5,7-9H2,1-2H3,(H,14,18)(H,15,16). The summed E-state index contributed by atoms with van der Waals surface area (Å²) in [4.78, 5) is 14.0. The van der Waals surface area contributed by atoms with Crippen LogP contribution in [0.2, 0.25) is 0 Å². The van der Waals surface area contributed by atoms with Crippen LogP contribution in [-0.2, 0) is 16.0 Å². The first-order valence-corrected chi connectivity index (χ1v) is 6.76. The van der Waals surface area contributed by atoms with Crippen LogP contribution in [-0.4, -0.2) is 59.4 Å². The van der Waals surface area contributed by atoms with Crippen LogP contribution in [0.25, 0.3) is 0 Å². The molecule has 0 spiro atoms. The molecule has 0 aliphatic carbocycles. The van der Waals surface area contributed by atoms with Crippen LogP contribution in [0.15, 0.2) is 12.3 Å². The fourth-order valence-electron chi connectivity index (χ4n) is 2.43. The summed E-state index contributed by atoms with van der Waals surface area (Å²) in [5.74, 6) is 0.0702. The largest absolute Gasteiger partial charge is 0.373 e. The summed E-state index contributed by atoms with van der Waals surface area (Å²) in [5.41, 5.74) is 1.04. The summed E-state index contributed by atoms with van der Waals surface area (Å²) in [7, 11) is 0. The summed E-state index contributed by atoms with van der Waals surface area (Å²) in [6.07, 6.45) is 2.89. The second-order valence-corrected chi connectivity index (χ2v) is 5.13. The zero-order valence-corrected chi connectivity index (χ0v) is 11.6. The van der Waals surface area contributed by atoms with E-state index in [2.05, 4.69) is 20.4 Å². The molecule has 6 heteroatoms. The van der Waals surface area contributed by atoms with Crippen molar-refractivity contribution in [2.24, 2.45) is 0 Å². The normalized spacial score (nSPS) is 24.3. The number of aromatic amines is 1. The molecule has 2 atom stereocenters. The number of amides is 1. The molecule has 2 N–H and O–H groups in total. The van der Waals surface area contributed by atoms with E-state index in [1.165, 1.54) is 0 Å². The molecule has 0 aromatic carbocycles. The first-order chi connectivity index (χ1) is 9.13. The fraction of sp³-hybridized carbons (Fsp3) is 0.692. The first-order valence-electron chi connectivity index (χ1n) is 6.76. The Hall–Kier alpha value is -1.40. The lowest BCUT2D eigenvalue weighted by molar-refractivity contribution is -0.125. The van der Waals surface area contributed by atoms with Crippen LogP contribution in [0.5, 0.6) is 0 Å². The van der Waals surface area contributed by atoms with Crippen LogP contribution in [0.3, 0.4) is 0 Å². The van der Waals surface area contributed by atoms with Gasteiger partial charge in [-0.05, 0) is 19.9 Å². The van der Waals surface area contributed by atoms with E-state index in [1.54, 1.807) is 6.20 Å². The van der Waals surface area contributed by atoms with Crippen molar-refractivity contribution in [1.82, 2.24) is 20.4 Å². The predicted molar refractivity (Wildman–Crippen MR) is 71.8 cm³/mol. The number of ether oxygens (including phenoxy) is 1. The monoisotopic (exact) mass is 266 g/mol. The van der Waals surface area contributed by atoms with Crippen molar-refractivity contribution in [2.45, 2.75) is 32.5 Å². The summed E-state index contributed by atoms with van der Waals surface area (Å²) in [5, 5.41) is 9.67. The highest BCUT2D eigenvalue weighted by Gasteiger charge is 2.23. The molecule has 1 fully saturated rings. The van der Waals surface area contributed by atoms with Gasteiger partial charge in [0.2, 0.25) is 5.91 Å². The van der Waals surface area contributed by atoms with Crippen LogP contribution >= 0.6 is 0 Å². The van der Waals surface area contributed by atoms with E-state index in [-0.39, 0.29) is 18.1 Å². The summed E-state index contributed by atoms with van der Waals surface area (Å²) in [6, 6.07) is 1.91. The van der Waals surface area contributed by atoms with Crippen LogP contribution < -0.4 is 5.32 Å². The van der Waals surface area contributed by atoms with Gasteiger partial charge in [0.05, 0.1) is 18.8 Å². The molecule has 2 unspecified atom stereocenters. The lowest BCUT2D eigenvalue weighted by atomic mass is 10.2. The van der Waals surface area contributed by atoms with E-state index in [9.17, 15) is 4.79 Å². The third-order valence-electron chi connectivity index (χ3n) is 3.14. The van der Waals surface area contributed by atoms with E-state index in [0.717, 1.165) is 25.2 Å². The molecular weight excluding hydrogens is 244 g/mol. The Labute approximate surface area is 113 Å². The number of hydrogen-bond acceptors (Lipinski definition) is 4. The van der Waals surface area contributed by atoms with Gasteiger partial charge in [0.1, 0.15) is 0 Å². The van der Waals surface area contributed by atoms with Gasteiger partial charge in [-0.3, -0.25) is 14.8 Å². The number of carbonyl (C=O) groups is 1. The van der Waals surface area contributed by atoms with Gasteiger partial charge in [-0.25, -0.2) is 0 Å². The number of nitrogens with zero attached hydrogens (tertiary/aromatic N) is 2. The topological polar surface area (TPSA) is 70.2 Å². The molecule has 2 heterocycles. The number of aromatic nitrogens is 2. The van der Waals surface area contributed by atoms with Crippen molar-refractivity contribution in [3.05, 3.63) is 18.0 Å². The molecule has 1 aromatic rings.